The molecule has 0 aliphatic rings. The average molecular weight is 543 g/mol. The number of para-hydroxylation sites is 2. The van der Waals surface area contributed by atoms with E-state index in [0.29, 0.717) is 5.89 Å². The maximum absolute atomic E-state index is 12.9. The number of hydrogen-bond acceptors (Lipinski definition) is 3. The van der Waals surface area contributed by atoms with Crippen molar-refractivity contribution in [3.05, 3.63) is 133 Å². The van der Waals surface area contributed by atoms with Crippen molar-refractivity contribution in [1.29, 1.82) is 0 Å². The van der Waals surface area contributed by atoms with Crippen LogP contribution in [0.3, 0.4) is 0 Å². The highest BCUT2D eigenvalue weighted by Gasteiger charge is 2.29. The highest BCUT2D eigenvalue weighted by atomic mass is 19.4. The van der Waals surface area contributed by atoms with E-state index in [1.165, 1.54) is 12.1 Å². The van der Waals surface area contributed by atoms with E-state index in [9.17, 15) is 13.2 Å². The third kappa shape index (κ3) is 4.85. The van der Waals surface area contributed by atoms with Crippen LogP contribution < -0.4 is 0 Å². The number of halogens is 3. The number of alkyl halides is 3. The van der Waals surface area contributed by atoms with Crippen molar-refractivity contribution in [2.45, 2.75) is 6.18 Å². The zero-order valence-electron chi connectivity index (χ0n) is 21.6. The second kappa shape index (κ2) is 9.75. The second-order valence-electron chi connectivity index (χ2n) is 9.85. The first-order valence-electron chi connectivity index (χ1n) is 13.0. The smallest absolute Gasteiger partial charge is 0.416 e. The zero-order chi connectivity index (χ0) is 28.0. The van der Waals surface area contributed by atoms with E-state index >= 15 is 0 Å². The fraction of sp³-hybridized carbons (Fsp3) is 0.0286. The summed E-state index contributed by atoms with van der Waals surface area (Å²) in [4.78, 5) is 9.30. The highest BCUT2D eigenvalue weighted by molar-refractivity contribution is 5.88. The van der Waals surface area contributed by atoms with Crippen molar-refractivity contribution in [2.75, 3.05) is 0 Å². The summed E-state index contributed by atoms with van der Waals surface area (Å²) >= 11 is 0. The topological polar surface area (TPSA) is 38.9 Å². The van der Waals surface area contributed by atoms with Gasteiger partial charge in [-0.05, 0) is 76.3 Å². The van der Waals surface area contributed by atoms with E-state index in [2.05, 4.69) is 23.2 Å². The number of nitrogens with zero attached hydrogens (tertiary/aromatic N) is 2. The summed E-state index contributed by atoms with van der Waals surface area (Å²) in [5.41, 5.74) is 8.39. The van der Waals surface area contributed by atoms with E-state index in [4.69, 9.17) is 9.40 Å². The molecule has 0 N–H and O–H groups in total. The average Bonchev–Trinajstić information content (AvgIpc) is 3.45. The molecule has 0 spiro atoms. The van der Waals surface area contributed by atoms with Gasteiger partial charge in [-0.25, -0.2) is 4.98 Å². The molecule has 0 aliphatic carbocycles. The maximum Gasteiger partial charge on any atom is 0.416 e. The van der Waals surface area contributed by atoms with Gasteiger partial charge < -0.3 is 4.42 Å². The normalized spacial score (nSPS) is 11.8. The van der Waals surface area contributed by atoms with E-state index < -0.39 is 11.7 Å². The summed E-state index contributed by atoms with van der Waals surface area (Å²) in [6.07, 6.45) is -2.47. The van der Waals surface area contributed by atoms with Crippen molar-refractivity contribution in [2.24, 2.45) is 0 Å². The minimum Gasteiger partial charge on any atom is -0.436 e. The Kier molecular flexibility index (Phi) is 5.89. The van der Waals surface area contributed by atoms with Crippen molar-refractivity contribution in [3.63, 3.8) is 0 Å². The quantitative estimate of drug-likeness (QED) is 0.222. The molecule has 0 aliphatic heterocycles. The molecule has 198 valence electrons. The van der Waals surface area contributed by atoms with Crippen LogP contribution in [0, 0.1) is 0 Å². The second-order valence-corrected chi connectivity index (χ2v) is 9.85. The summed E-state index contributed by atoms with van der Waals surface area (Å²) in [6, 6.07) is 37.1. The molecule has 6 heteroatoms. The van der Waals surface area contributed by atoms with E-state index in [0.717, 1.165) is 73.1 Å². The molecule has 0 fully saturated rings. The van der Waals surface area contributed by atoms with Crippen LogP contribution in [0.1, 0.15) is 5.56 Å². The van der Waals surface area contributed by atoms with Gasteiger partial charge in [0.25, 0.3) is 0 Å². The van der Waals surface area contributed by atoms with Gasteiger partial charge in [0.05, 0.1) is 11.1 Å². The molecule has 7 aromatic rings. The number of rotatable bonds is 4. The largest absolute Gasteiger partial charge is 0.436 e. The Hall–Kier alpha value is -5.23. The van der Waals surface area contributed by atoms with Crippen LogP contribution in [0.2, 0.25) is 0 Å². The Morgan fingerprint density at radius 2 is 1.07 bits per heavy atom. The highest BCUT2D eigenvalue weighted by Crippen LogP contribution is 2.33. The predicted molar refractivity (Wildman–Crippen MR) is 156 cm³/mol. The minimum absolute atomic E-state index is 0.592. The fourth-order valence-corrected chi connectivity index (χ4v) is 4.97. The van der Waals surface area contributed by atoms with Gasteiger partial charge >= 0.3 is 6.18 Å². The summed E-state index contributed by atoms with van der Waals surface area (Å²) in [5, 5.41) is 1.02. The molecular weight excluding hydrogens is 521 g/mol. The molecule has 0 unspecified atom stereocenters. The van der Waals surface area contributed by atoms with Crippen LogP contribution in [-0.2, 0) is 6.18 Å². The molecule has 0 amide bonds. The molecule has 7 rings (SSSR count). The summed E-state index contributed by atoms with van der Waals surface area (Å²) in [5.74, 6) is 0.592. The molecule has 3 nitrogen and oxygen atoms in total. The number of pyridine rings is 1. The molecular formula is C35H21F3N2O. The van der Waals surface area contributed by atoms with Crippen molar-refractivity contribution < 1.29 is 17.6 Å². The Morgan fingerprint density at radius 3 is 1.73 bits per heavy atom. The number of aromatic nitrogens is 2. The SMILES string of the molecule is FC(F)(F)c1ccc(-c2ccc(-c3ccc4cc(-c5ccc(-c6nc7ccccc7o6)cc5)cnc4c3)cc2)cc1. The molecule has 0 bridgehead atoms. The van der Waals surface area contributed by atoms with Gasteiger partial charge in [0.2, 0.25) is 5.89 Å². The van der Waals surface area contributed by atoms with Crippen LogP contribution in [0.5, 0.6) is 0 Å². The van der Waals surface area contributed by atoms with Gasteiger partial charge in [-0.15, -0.1) is 0 Å². The zero-order valence-corrected chi connectivity index (χ0v) is 21.6. The maximum atomic E-state index is 12.9. The molecule has 2 aromatic heterocycles. The third-order valence-corrected chi connectivity index (χ3v) is 7.21. The summed E-state index contributed by atoms with van der Waals surface area (Å²) in [7, 11) is 0. The first-order chi connectivity index (χ1) is 19.9. The van der Waals surface area contributed by atoms with E-state index in [1.54, 1.807) is 0 Å². The van der Waals surface area contributed by atoms with Crippen LogP contribution >= 0.6 is 0 Å². The van der Waals surface area contributed by atoms with Crippen LogP contribution in [0.4, 0.5) is 13.2 Å². The fourth-order valence-electron chi connectivity index (χ4n) is 4.97. The number of fused-ring (bicyclic) bond motifs is 2. The van der Waals surface area contributed by atoms with Gasteiger partial charge in [-0.2, -0.15) is 13.2 Å². The first-order valence-corrected chi connectivity index (χ1v) is 13.0. The number of hydrogen-bond donors (Lipinski definition) is 0. The molecule has 0 atom stereocenters. The van der Waals surface area contributed by atoms with Crippen molar-refractivity contribution in [1.82, 2.24) is 9.97 Å². The Labute approximate surface area is 233 Å². The monoisotopic (exact) mass is 542 g/mol. The lowest BCUT2D eigenvalue weighted by Gasteiger charge is -2.09. The van der Waals surface area contributed by atoms with Gasteiger partial charge in [-0.1, -0.05) is 72.8 Å². The molecule has 41 heavy (non-hydrogen) atoms. The predicted octanol–water partition coefficient (Wildman–Crippen LogP) is 10.1. The Balaban J connectivity index is 1.11. The summed E-state index contributed by atoms with van der Waals surface area (Å²) < 4.78 is 44.5. The standard InChI is InChI=1S/C35H21F3N2O/c36-35(37,38)30-17-15-23(16-18-30)22-5-7-24(8-6-22)27-13-14-28-19-29(21-39-32(28)20-27)25-9-11-26(12-10-25)34-40-31-3-1-2-4-33(31)41-34/h1-21H. The summed E-state index contributed by atoms with van der Waals surface area (Å²) in [6.45, 7) is 0. The molecule has 5 aromatic carbocycles. The lowest BCUT2D eigenvalue weighted by molar-refractivity contribution is -0.137. The van der Waals surface area contributed by atoms with Crippen LogP contribution in [-0.4, -0.2) is 9.97 Å². The van der Waals surface area contributed by atoms with Gasteiger partial charge in [-0.3, -0.25) is 4.98 Å². The number of oxazole rings is 1. The third-order valence-electron chi connectivity index (χ3n) is 7.21. The van der Waals surface area contributed by atoms with Crippen molar-refractivity contribution in [3.8, 4) is 44.8 Å². The lowest BCUT2D eigenvalue weighted by Crippen LogP contribution is -2.03. The van der Waals surface area contributed by atoms with E-state index in [1.807, 2.05) is 85.1 Å². The van der Waals surface area contributed by atoms with Gasteiger partial charge in [0.15, 0.2) is 5.58 Å². The Morgan fingerprint density at radius 1 is 0.512 bits per heavy atom. The molecule has 0 saturated carbocycles. The molecule has 0 saturated heterocycles. The van der Waals surface area contributed by atoms with Crippen LogP contribution in [0.15, 0.2) is 132 Å². The van der Waals surface area contributed by atoms with E-state index in [-0.39, 0.29) is 0 Å². The molecule has 0 radical (unpaired) electrons. The van der Waals surface area contributed by atoms with Gasteiger partial charge in [0, 0.05) is 22.7 Å². The first kappa shape index (κ1) is 24.8. The van der Waals surface area contributed by atoms with Crippen LogP contribution in [0.25, 0.3) is 66.8 Å². The number of benzene rings is 5. The molecule has 2 heterocycles. The van der Waals surface area contributed by atoms with Crippen molar-refractivity contribution >= 4 is 22.0 Å². The lowest BCUT2D eigenvalue weighted by atomic mass is 9.98. The Bertz CT molecular complexity index is 1970. The minimum atomic E-state index is -4.34. The van der Waals surface area contributed by atoms with Gasteiger partial charge in [0.1, 0.15) is 5.52 Å².